The number of rotatable bonds is 4. The summed E-state index contributed by atoms with van der Waals surface area (Å²) in [7, 11) is 0. The van der Waals surface area contributed by atoms with Crippen LogP contribution in [0.5, 0.6) is 0 Å². The summed E-state index contributed by atoms with van der Waals surface area (Å²) < 4.78 is 0. The van der Waals surface area contributed by atoms with Crippen molar-refractivity contribution in [1.82, 2.24) is 0 Å². The minimum Gasteiger partial charge on any atom is -0.481 e. The fourth-order valence-corrected chi connectivity index (χ4v) is 3.66. The van der Waals surface area contributed by atoms with E-state index in [1.807, 2.05) is 13.0 Å². The maximum atomic E-state index is 12.4. The molecule has 2 amide bonds. The average Bonchev–Trinajstić information content (AvgIpc) is 2.73. The van der Waals surface area contributed by atoms with Crippen LogP contribution in [0.4, 0.5) is 5.00 Å². The van der Waals surface area contributed by atoms with Gasteiger partial charge >= 0.3 is 5.97 Å². The lowest BCUT2D eigenvalue weighted by Gasteiger charge is -2.24. The van der Waals surface area contributed by atoms with Gasteiger partial charge in [0, 0.05) is 4.88 Å². The lowest BCUT2D eigenvalue weighted by atomic mass is 9.82. The van der Waals surface area contributed by atoms with Gasteiger partial charge in [0.15, 0.2) is 0 Å². The van der Waals surface area contributed by atoms with Gasteiger partial charge in [-0.05, 0) is 32.3 Å². The third-order valence-corrected chi connectivity index (χ3v) is 5.08. The van der Waals surface area contributed by atoms with Crippen molar-refractivity contribution in [3.63, 3.8) is 0 Å². The van der Waals surface area contributed by atoms with E-state index in [-0.39, 0.29) is 5.91 Å². The van der Waals surface area contributed by atoms with E-state index >= 15 is 0 Å². The van der Waals surface area contributed by atoms with E-state index in [1.165, 1.54) is 11.3 Å². The Kier molecular flexibility index (Phi) is 4.65. The Labute approximate surface area is 132 Å². The lowest BCUT2D eigenvalue weighted by molar-refractivity contribution is -0.146. The highest BCUT2D eigenvalue weighted by Crippen LogP contribution is 2.34. The predicted molar refractivity (Wildman–Crippen MR) is 83.9 cm³/mol. The SMILES string of the molecule is Cc1sc(NC(=O)C2CC=CCC2C(=O)O)c(C(N)=O)c1C. The van der Waals surface area contributed by atoms with Gasteiger partial charge in [-0.2, -0.15) is 0 Å². The second kappa shape index (κ2) is 6.31. The Morgan fingerprint density at radius 2 is 1.82 bits per heavy atom. The highest BCUT2D eigenvalue weighted by atomic mass is 32.1. The van der Waals surface area contributed by atoms with Crippen molar-refractivity contribution in [2.75, 3.05) is 5.32 Å². The summed E-state index contributed by atoms with van der Waals surface area (Å²) in [6, 6.07) is 0. The van der Waals surface area contributed by atoms with Crippen LogP contribution in [-0.4, -0.2) is 22.9 Å². The molecule has 0 saturated carbocycles. The fourth-order valence-electron chi connectivity index (χ4n) is 2.59. The molecular formula is C15H18N2O4S. The van der Waals surface area contributed by atoms with Gasteiger partial charge in [0.1, 0.15) is 5.00 Å². The third-order valence-electron chi connectivity index (χ3n) is 3.95. The summed E-state index contributed by atoms with van der Waals surface area (Å²) in [4.78, 5) is 36.1. The van der Waals surface area contributed by atoms with Gasteiger partial charge in [0.05, 0.1) is 17.4 Å². The zero-order valence-electron chi connectivity index (χ0n) is 12.4. The number of thiophene rings is 1. The van der Waals surface area contributed by atoms with Crippen LogP contribution in [-0.2, 0) is 9.59 Å². The number of allylic oxidation sites excluding steroid dienone is 2. The maximum absolute atomic E-state index is 12.4. The van der Waals surface area contributed by atoms with Gasteiger partial charge < -0.3 is 16.2 Å². The largest absolute Gasteiger partial charge is 0.481 e. The van der Waals surface area contributed by atoms with Crippen molar-refractivity contribution >= 4 is 34.1 Å². The maximum Gasteiger partial charge on any atom is 0.307 e. The molecule has 0 aliphatic heterocycles. The van der Waals surface area contributed by atoms with Crippen LogP contribution in [0, 0.1) is 25.7 Å². The highest BCUT2D eigenvalue weighted by molar-refractivity contribution is 7.16. The molecule has 4 N–H and O–H groups in total. The molecule has 22 heavy (non-hydrogen) atoms. The van der Waals surface area contributed by atoms with E-state index in [0.717, 1.165) is 10.4 Å². The third kappa shape index (κ3) is 3.04. The van der Waals surface area contributed by atoms with Gasteiger partial charge in [-0.15, -0.1) is 11.3 Å². The molecule has 1 heterocycles. The van der Waals surface area contributed by atoms with E-state index in [0.29, 0.717) is 23.4 Å². The highest BCUT2D eigenvalue weighted by Gasteiger charge is 2.34. The number of nitrogens with one attached hydrogen (secondary N) is 1. The van der Waals surface area contributed by atoms with Gasteiger partial charge in [-0.25, -0.2) is 0 Å². The van der Waals surface area contributed by atoms with E-state index in [2.05, 4.69) is 5.32 Å². The Balaban J connectivity index is 2.25. The number of aliphatic carboxylic acids is 1. The van der Waals surface area contributed by atoms with Gasteiger partial charge in [0.25, 0.3) is 5.91 Å². The van der Waals surface area contributed by atoms with Crippen LogP contribution >= 0.6 is 11.3 Å². The molecular weight excluding hydrogens is 304 g/mol. The van der Waals surface area contributed by atoms with Gasteiger partial charge in [0.2, 0.25) is 5.91 Å². The first-order valence-corrected chi connectivity index (χ1v) is 7.73. The average molecular weight is 322 g/mol. The van der Waals surface area contributed by atoms with Gasteiger partial charge in [-0.1, -0.05) is 12.2 Å². The summed E-state index contributed by atoms with van der Waals surface area (Å²) in [5.74, 6) is -3.37. The molecule has 2 unspecified atom stereocenters. The van der Waals surface area contributed by atoms with Crippen molar-refractivity contribution in [2.24, 2.45) is 17.6 Å². The first kappa shape index (κ1) is 16.2. The number of hydrogen-bond acceptors (Lipinski definition) is 4. The minimum absolute atomic E-state index is 0.300. The molecule has 0 spiro atoms. The molecule has 1 aromatic heterocycles. The normalized spacial score (nSPS) is 20.6. The smallest absolute Gasteiger partial charge is 0.307 e. The Bertz CT molecular complexity index is 663. The van der Waals surface area contributed by atoms with Gasteiger partial charge in [-0.3, -0.25) is 14.4 Å². The molecule has 2 rings (SSSR count). The number of amides is 2. The molecule has 7 heteroatoms. The second-order valence-corrected chi connectivity index (χ2v) is 6.56. The predicted octanol–water partition coefficient (Wildman–Crippen LogP) is 2.07. The number of anilines is 1. The molecule has 0 aromatic carbocycles. The number of aryl methyl sites for hydroxylation is 1. The zero-order valence-corrected chi connectivity index (χ0v) is 13.2. The van der Waals surface area contributed by atoms with Crippen molar-refractivity contribution in [2.45, 2.75) is 26.7 Å². The monoisotopic (exact) mass is 322 g/mol. The molecule has 118 valence electrons. The number of carbonyl (C=O) groups excluding carboxylic acids is 2. The summed E-state index contributed by atoms with van der Waals surface area (Å²) in [5.41, 5.74) is 6.41. The number of carboxylic acids is 1. The van der Waals surface area contributed by atoms with Crippen LogP contribution in [0.1, 0.15) is 33.6 Å². The first-order chi connectivity index (χ1) is 10.3. The molecule has 1 aliphatic carbocycles. The van der Waals surface area contributed by atoms with Crippen LogP contribution in [0.2, 0.25) is 0 Å². The molecule has 1 aliphatic rings. The number of carboxylic acid groups (broad SMARTS) is 1. The number of carbonyl (C=O) groups is 3. The summed E-state index contributed by atoms with van der Waals surface area (Å²) >= 11 is 1.27. The number of nitrogens with two attached hydrogens (primary N) is 1. The number of hydrogen-bond donors (Lipinski definition) is 3. The van der Waals surface area contributed by atoms with Crippen molar-refractivity contribution in [3.8, 4) is 0 Å². The van der Waals surface area contributed by atoms with Crippen LogP contribution in [0.25, 0.3) is 0 Å². The summed E-state index contributed by atoms with van der Waals surface area (Å²) in [6.07, 6.45) is 4.29. The Morgan fingerprint density at radius 3 is 2.36 bits per heavy atom. The van der Waals surface area contributed by atoms with E-state index < -0.39 is 23.7 Å². The molecule has 2 atom stereocenters. The fraction of sp³-hybridized carbons (Fsp3) is 0.400. The van der Waals surface area contributed by atoms with Crippen molar-refractivity contribution in [3.05, 3.63) is 28.2 Å². The zero-order chi connectivity index (χ0) is 16.4. The summed E-state index contributed by atoms with van der Waals surface area (Å²) in [5, 5.41) is 12.3. The molecule has 0 fully saturated rings. The van der Waals surface area contributed by atoms with Crippen molar-refractivity contribution < 1.29 is 19.5 Å². The van der Waals surface area contributed by atoms with Crippen LogP contribution in [0.3, 0.4) is 0 Å². The molecule has 0 radical (unpaired) electrons. The Hall–Kier alpha value is -2.15. The lowest BCUT2D eigenvalue weighted by Crippen LogP contribution is -2.35. The van der Waals surface area contributed by atoms with E-state index in [1.54, 1.807) is 13.0 Å². The van der Waals surface area contributed by atoms with Crippen LogP contribution in [0.15, 0.2) is 12.2 Å². The van der Waals surface area contributed by atoms with Crippen molar-refractivity contribution in [1.29, 1.82) is 0 Å². The standard InChI is InChI=1S/C15H18N2O4S/c1-7-8(2)22-14(11(7)12(16)18)17-13(19)9-5-3-4-6-10(9)15(20)21/h3-4,9-10H,5-6H2,1-2H3,(H2,16,18)(H,17,19)(H,20,21). The Morgan fingerprint density at radius 1 is 1.23 bits per heavy atom. The molecule has 0 bridgehead atoms. The van der Waals surface area contributed by atoms with E-state index in [4.69, 9.17) is 5.73 Å². The quantitative estimate of drug-likeness (QED) is 0.737. The minimum atomic E-state index is -0.988. The van der Waals surface area contributed by atoms with Crippen LogP contribution < -0.4 is 11.1 Å². The first-order valence-electron chi connectivity index (χ1n) is 6.91. The molecule has 6 nitrogen and oxygen atoms in total. The second-order valence-electron chi connectivity index (χ2n) is 5.33. The number of primary amides is 1. The topological polar surface area (TPSA) is 109 Å². The summed E-state index contributed by atoms with van der Waals surface area (Å²) in [6.45, 7) is 3.61. The molecule has 0 saturated heterocycles. The van der Waals surface area contributed by atoms with E-state index in [9.17, 15) is 19.5 Å². The molecule has 1 aromatic rings.